The van der Waals surface area contributed by atoms with Crippen LogP contribution in [-0.2, 0) is 0 Å². The number of hydrogen-bond donors (Lipinski definition) is 0. The minimum Gasteiger partial charge on any atom is -0.378 e. The standard InChI is InChI=1S/C23H25N3O/c1-16-11-13-26(15-16)23(27)20-10-12-24-22-9-6-18(14-21(20)22)17-4-7-19(8-5-17)25(2)3/h4-10,12,14,16H,11,13,15H2,1-3H3/t16-/m1/s1. The third kappa shape index (κ3) is 3.39. The molecule has 1 amide bonds. The van der Waals surface area contributed by atoms with Crippen molar-refractivity contribution in [2.24, 2.45) is 5.92 Å². The van der Waals surface area contributed by atoms with E-state index >= 15 is 0 Å². The number of carbonyl (C=O) groups is 1. The highest BCUT2D eigenvalue weighted by Crippen LogP contribution is 2.28. The highest BCUT2D eigenvalue weighted by atomic mass is 16.2. The number of aromatic nitrogens is 1. The third-order valence-electron chi connectivity index (χ3n) is 5.40. The van der Waals surface area contributed by atoms with E-state index in [0.29, 0.717) is 5.92 Å². The number of rotatable bonds is 3. The van der Waals surface area contributed by atoms with Crippen molar-refractivity contribution in [2.75, 3.05) is 32.1 Å². The van der Waals surface area contributed by atoms with Gasteiger partial charge in [-0.2, -0.15) is 0 Å². The lowest BCUT2D eigenvalue weighted by Crippen LogP contribution is -2.28. The van der Waals surface area contributed by atoms with E-state index in [1.165, 1.54) is 5.69 Å². The molecule has 0 spiro atoms. The second-order valence-corrected chi connectivity index (χ2v) is 7.68. The van der Waals surface area contributed by atoms with E-state index in [4.69, 9.17) is 0 Å². The molecule has 138 valence electrons. The van der Waals surface area contributed by atoms with Gasteiger partial charge in [-0.05, 0) is 53.8 Å². The number of pyridine rings is 1. The van der Waals surface area contributed by atoms with Gasteiger partial charge in [-0.3, -0.25) is 9.78 Å². The van der Waals surface area contributed by atoms with E-state index in [9.17, 15) is 4.79 Å². The molecule has 0 bridgehead atoms. The van der Waals surface area contributed by atoms with Crippen molar-refractivity contribution in [2.45, 2.75) is 13.3 Å². The van der Waals surface area contributed by atoms with Crippen molar-refractivity contribution < 1.29 is 4.79 Å². The summed E-state index contributed by atoms with van der Waals surface area (Å²) in [5.74, 6) is 0.694. The SMILES string of the molecule is C[C@@H]1CCN(C(=O)c2ccnc3ccc(-c4ccc(N(C)C)cc4)cc23)C1. The summed E-state index contributed by atoms with van der Waals surface area (Å²) in [5, 5.41) is 0.927. The number of nitrogens with zero attached hydrogens (tertiary/aromatic N) is 3. The normalized spacial score (nSPS) is 16.7. The van der Waals surface area contributed by atoms with Gasteiger partial charge in [-0.25, -0.2) is 0 Å². The summed E-state index contributed by atoms with van der Waals surface area (Å²) in [6, 6.07) is 16.5. The van der Waals surface area contributed by atoms with Crippen LogP contribution < -0.4 is 4.90 Å². The fraction of sp³-hybridized carbons (Fsp3) is 0.304. The van der Waals surface area contributed by atoms with E-state index in [0.717, 1.165) is 47.1 Å². The lowest BCUT2D eigenvalue weighted by molar-refractivity contribution is 0.0790. The first kappa shape index (κ1) is 17.5. The summed E-state index contributed by atoms with van der Waals surface area (Å²) in [6.45, 7) is 3.89. The van der Waals surface area contributed by atoms with Gasteiger partial charge in [0, 0.05) is 44.5 Å². The maximum absolute atomic E-state index is 13.1. The average molecular weight is 359 g/mol. The molecular weight excluding hydrogens is 334 g/mol. The first-order chi connectivity index (χ1) is 13.0. The number of likely N-dealkylation sites (tertiary alicyclic amines) is 1. The van der Waals surface area contributed by atoms with E-state index in [-0.39, 0.29) is 5.91 Å². The summed E-state index contributed by atoms with van der Waals surface area (Å²) >= 11 is 0. The largest absolute Gasteiger partial charge is 0.378 e. The Morgan fingerprint density at radius 3 is 2.48 bits per heavy atom. The lowest BCUT2D eigenvalue weighted by Gasteiger charge is -2.17. The van der Waals surface area contributed by atoms with Crippen LogP contribution in [0.3, 0.4) is 0 Å². The Hall–Kier alpha value is -2.88. The lowest BCUT2D eigenvalue weighted by atomic mass is 10.00. The van der Waals surface area contributed by atoms with Gasteiger partial charge in [-0.1, -0.05) is 25.1 Å². The van der Waals surface area contributed by atoms with Crippen molar-refractivity contribution in [3.05, 3.63) is 60.3 Å². The Balaban J connectivity index is 1.74. The van der Waals surface area contributed by atoms with Crippen LogP contribution in [-0.4, -0.2) is 43.0 Å². The summed E-state index contributed by atoms with van der Waals surface area (Å²) in [4.78, 5) is 21.6. The molecule has 3 aromatic rings. The van der Waals surface area contributed by atoms with Gasteiger partial charge in [0.1, 0.15) is 0 Å². The van der Waals surface area contributed by atoms with Crippen LogP contribution in [0.4, 0.5) is 5.69 Å². The molecule has 2 aromatic carbocycles. The number of amides is 1. The Morgan fingerprint density at radius 1 is 1.07 bits per heavy atom. The van der Waals surface area contributed by atoms with Crippen LogP contribution in [0.5, 0.6) is 0 Å². The summed E-state index contributed by atoms with van der Waals surface area (Å²) in [7, 11) is 4.07. The summed E-state index contributed by atoms with van der Waals surface area (Å²) in [5.41, 5.74) is 5.02. The van der Waals surface area contributed by atoms with Gasteiger partial charge in [0.2, 0.25) is 0 Å². The zero-order valence-corrected chi connectivity index (χ0v) is 16.1. The molecule has 0 radical (unpaired) electrons. The molecule has 4 heteroatoms. The smallest absolute Gasteiger partial charge is 0.254 e. The average Bonchev–Trinajstić information content (AvgIpc) is 3.13. The third-order valence-corrected chi connectivity index (χ3v) is 5.40. The van der Waals surface area contributed by atoms with Crippen LogP contribution in [0.2, 0.25) is 0 Å². The van der Waals surface area contributed by atoms with Gasteiger partial charge in [0.05, 0.1) is 11.1 Å². The Bertz CT molecular complexity index is 979. The second-order valence-electron chi connectivity index (χ2n) is 7.68. The predicted octanol–water partition coefficient (Wildman–Crippen LogP) is 4.45. The molecule has 27 heavy (non-hydrogen) atoms. The summed E-state index contributed by atoms with van der Waals surface area (Å²) < 4.78 is 0. The first-order valence-electron chi connectivity index (χ1n) is 9.49. The number of anilines is 1. The van der Waals surface area contributed by atoms with Crippen LogP contribution in [0, 0.1) is 5.92 Å². The van der Waals surface area contributed by atoms with Crippen LogP contribution in [0.1, 0.15) is 23.7 Å². The van der Waals surface area contributed by atoms with E-state index in [1.807, 2.05) is 31.1 Å². The molecular formula is C23H25N3O. The van der Waals surface area contributed by atoms with Crippen LogP contribution in [0.25, 0.3) is 22.0 Å². The zero-order chi connectivity index (χ0) is 19.0. The summed E-state index contributed by atoms with van der Waals surface area (Å²) in [6.07, 6.45) is 2.82. The molecule has 1 fully saturated rings. The molecule has 0 aliphatic carbocycles. The molecule has 2 heterocycles. The van der Waals surface area contributed by atoms with Gasteiger partial charge in [0.25, 0.3) is 5.91 Å². The molecule has 4 rings (SSSR count). The molecule has 1 atom stereocenters. The monoisotopic (exact) mass is 359 g/mol. The molecule has 0 N–H and O–H groups in total. The molecule has 1 aromatic heterocycles. The van der Waals surface area contributed by atoms with Gasteiger partial charge < -0.3 is 9.80 Å². The minimum absolute atomic E-state index is 0.117. The quantitative estimate of drug-likeness (QED) is 0.693. The van der Waals surface area contributed by atoms with E-state index in [1.54, 1.807) is 6.20 Å². The van der Waals surface area contributed by atoms with Crippen molar-refractivity contribution in [1.29, 1.82) is 0 Å². The number of carbonyl (C=O) groups excluding carboxylic acids is 1. The molecule has 4 nitrogen and oxygen atoms in total. The van der Waals surface area contributed by atoms with Crippen molar-refractivity contribution >= 4 is 22.5 Å². The van der Waals surface area contributed by atoms with Crippen molar-refractivity contribution in [3.63, 3.8) is 0 Å². The van der Waals surface area contributed by atoms with E-state index < -0.39 is 0 Å². The minimum atomic E-state index is 0.117. The first-order valence-corrected chi connectivity index (χ1v) is 9.49. The maximum Gasteiger partial charge on any atom is 0.254 e. The fourth-order valence-corrected chi connectivity index (χ4v) is 3.75. The molecule has 1 saturated heterocycles. The molecule has 0 unspecified atom stereocenters. The highest BCUT2D eigenvalue weighted by Gasteiger charge is 2.25. The highest BCUT2D eigenvalue weighted by molar-refractivity contribution is 6.07. The number of fused-ring (bicyclic) bond motifs is 1. The van der Waals surface area contributed by atoms with Gasteiger partial charge in [-0.15, -0.1) is 0 Å². The van der Waals surface area contributed by atoms with E-state index in [2.05, 4.69) is 53.2 Å². The molecule has 0 saturated carbocycles. The van der Waals surface area contributed by atoms with Crippen LogP contribution in [0.15, 0.2) is 54.7 Å². The maximum atomic E-state index is 13.1. The van der Waals surface area contributed by atoms with Gasteiger partial charge in [0.15, 0.2) is 0 Å². The predicted molar refractivity (Wildman–Crippen MR) is 111 cm³/mol. The number of benzene rings is 2. The Morgan fingerprint density at radius 2 is 1.81 bits per heavy atom. The molecule has 1 aliphatic rings. The van der Waals surface area contributed by atoms with Crippen molar-refractivity contribution in [3.8, 4) is 11.1 Å². The molecule has 1 aliphatic heterocycles. The van der Waals surface area contributed by atoms with Crippen molar-refractivity contribution in [1.82, 2.24) is 9.88 Å². The topological polar surface area (TPSA) is 36.4 Å². The Labute approximate surface area is 160 Å². The zero-order valence-electron chi connectivity index (χ0n) is 16.1. The fourth-order valence-electron chi connectivity index (χ4n) is 3.75. The number of hydrogen-bond acceptors (Lipinski definition) is 3. The van der Waals surface area contributed by atoms with Crippen LogP contribution >= 0.6 is 0 Å². The second kappa shape index (κ2) is 7.03. The van der Waals surface area contributed by atoms with Gasteiger partial charge >= 0.3 is 0 Å². The Kier molecular flexibility index (Phi) is 4.56.